The van der Waals surface area contributed by atoms with Gasteiger partial charge >= 0.3 is 0 Å². The Kier molecular flexibility index (Phi) is 4.15. The van der Waals surface area contributed by atoms with Gasteiger partial charge in [0.1, 0.15) is 0 Å². The minimum absolute atomic E-state index is 0.0386. The van der Waals surface area contributed by atoms with Gasteiger partial charge in [-0.2, -0.15) is 0 Å². The minimum atomic E-state index is -0.158. The molecule has 0 saturated carbocycles. The second-order valence-electron chi connectivity index (χ2n) is 4.30. The number of aliphatic hydroxyl groups excluding tert-OH is 1. The highest BCUT2D eigenvalue weighted by atomic mass is 32.1. The molecule has 3 N–H and O–H groups in total. The third-order valence-corrected chi connectivity index (χ3v) is 3.95. The summed E-state index contributed by atoms with van der Waals surface area (Å²) in [4.78, 5) is 7.95. The third-order valence-electron chi connectivity index (χ3n) is 2.87. The van der Waals surface area contributed by atoms with E-state index in [-0.39, 0.29) is 12.6 Å². The van der Waals surface area contributed by atoms with Crippen LogP contribution in [0.15, 0.2) is 6.20 Å². The van der Waals surface area contributed by atoms with Crippen molar-refractivity contribution >= 4 is 16.5 Å². The first kappa shape index (κ1) is 11.8. The highest BCUT2D eigenvalue weighted by Crippen LogP contribution is 2.25. The van der Waals surface area contributed by atoms with Gasteiger partial charge in [-0.05, 0) is 19.3 Å². The van der Waals surface area contributed by atoms with E-state index in [2.05, 4.69) is 9.88 Å². The molecule has 1 unspecified atom stereocenters. The summed E-state index contributed by atoms with van der Waals surface area (Å²) in [5, 5.41) is 10.0. The van der Waals surface area contributed by atoms with Crippen molar-refractivity contribution in [3.63, 3.8) is 0 Å². The topological polar surface area (TPSA) is 62.4 Å². The fraction of sp³-hybridized carbons (Fsp3) is 0.727. The molecule has 0 aromatic carbocycles. The lowest BCUT2D eigenvalue weighted by Crippen LogP contribution is -2.29. The molecule has 0 spiro atoms. The molecule has 0 aliphatic carbocycles. The van der Waals surface area contributed by atoms with Crippen LogP contribution in [0, 0.1) is 0 Å². The Labute approximate surface area is 100 Å². The fourth-order valence-corrected chi connectivity index (χ4v) is 3.00. The van der Waals surface area contributed by atoms with Crippen LogP contribution in [-0.4, -0.2) is 35.8 Å². The zero-order valence-electron chi connectivity index (χ0n) is 9.43. The number of hydrogen-bond acceptors (Lipinski definition) is 5. The molecule has 1 saturated heterocycles. The van der Waals surface area contributed by atoms with Crippen LogP contribution < -0.4 is 10.6 Å². The van der Waals surface area contributed by atoms with Gasteiger partial charge in [-0.25, -0.2) is 4.98 Å². The summed E-state index contributed by atoms with van der Waals surface area (Å²) in [6, 6.07) is -0.158. The lowest BCUT2D eigenvalue weighted by molar-refractivity contribution is 0.265. The second kappa shape index (κ2) is 5.61. The number of aromatic nitrogens is 1. The second-order valence-corrected chi connectivity index (χ2v) is 5.40. The summed E-state index contributed by atoms with van der Waals surface area (Å²) in [5.41, 5.74) is 5.71. The lowest BCUT2D eigenvalue weighted by atomic mass is 10.1. The molecule has 0 bridgehead atoms. The molecule has 1 aliphatic heterocycles. The predicted octanol–water partition coefficient (Wildman–Crippen LogP) is 0.995. The van der Waals surface area contributed by atoms with Gasteiger partial charge in [-0.15, -0.1) is 11.3 Å². The van der Waals surface area contributed by atoms with E-state index in [0.29, 0.717) is 0 Å². The number of rotatable bonds is 4. The average Bonchev–Trinajstić information content (AvgIpc) is 2.78. The molecule has 0 amide bonds. The smallest absolute Gasteiger partial charge is 0.185 e. The van der Waals surface area contributed by atoms with Crippen molar-refractivity contribution in [1.29, 1.82) is 0 Å². The summed E-state index contributed by atoms with van der Waals surface area (Å²) in [6.07, 6.45) is 6.49. The quantitative estimate of drug-likeness (QED) is 0.825. The summed E-state index contributed by atoms with van der Waals surface area (Å²) in [5.74, 6) is 0. The summed E-state index contributed by atoms with van der Waals surface area (Å²) >= 11 is 1.71. The van der Waals surface area contributed by atoms with Crippen LogP contribution in [0.4, 0.5) is 5.13 Å². The van der Waals surface area contributed by atoms with Gasteiger partial charge in [0.05, 0.1) is 6.61 Å². The van der Waals surface area contributed by atoms with E-state index in [4.69, 9.17) is 10.8 Å². The molecule has 1 aromatic heterocycles. The first-order chi connectivity index (χ1) is 7.79. The summed E-state index contributed by atoms with van der Waals surface area (Å²) < 4.78 is 0. The van der Waals surface area contributed by atoms with Gasteiger partial charge in [0.15, 0.2) is 5.13 Å². The SMILES string of the molecule is NC(CO)Cc1cnc(N2CCCCC2)s1. The van der Waals surface area contributed by atoms with Crippen LogP contribution >= 0.6 is 11.3 Å². The predicted molar refractivity (Wildman–Crippen MR) is 66.9 cm³/mol. The summed E-state index contributed by atoms with van der Waals surface area (Å²) in [7, 11) is 0. The highest BCUT2D eigenvalue weighted by molar-refractivity contribution is 7.15. The molecule has 0 radical (unpaired) electrons. The molecule has 4 nitrogen and oxygen atoms in total. The van der Waals surface area contributed by atoms with Crippen LogP contribution in [0.5, 0.6) is 0 Å². The van der Waals surface area contributed by atoms with Crippen LogP contribution in [0.3, 0.4) is 0 Å². The average molecular weight is 241 g/mol. The van der Waals surface area contributed by atoms with E-state index < -0.39 is 0 Å². The van der Waals surface area contributed by atoms with Crippen molar-refractivity contribution in [2.45, 2.75) is 31.7 Å². The maximum absolute atomic E-state index is 8.90. The molecule has 1 aliphatic rings. The number of thiazole rings is 1. The fourth-order valence-electron chi connectivity index (χ4n) is 1.95. The van der Waals surface area contributed by atoms with Crippen LogP contribution in [0.25, 0.3) is 0 Å². The number of hydrogen-bond donors (Lipinski definition) is 2. The summed E-state index contributed by atoms with van der Waals surface area (Å²) in [6.45, 7) is 2.29. The monoisotopic (exact) mass is 241 g/mol. The maximum Gasteiger partial charge on any atom is 0.185 e. The molecule has 1 fully saturated rings. The lowest BCUT2D eigenvalue weighted by Gasteiger charge is -2.25. The highest BCUT2D eigenvalue weighted by Gasteiger charge is 2.15. The Hall–Kier alpha value is -0.650. The largest absolute Gasteiger partial charge is 0.395 e. The van der Waals surface area contributed by atoms with Gasteiger partial charge < -0.3 is 15.7 Å². The van der Waals surface area contributed by atoms with E-state index in [0.717, 1.165) is 24.6 Å². The first-order valence-corrected chi connectivity index (χ1v) is 6.67. The van der Waals surface area contributed by atoms with Crippen molar-refractivity contribution < 1.29 is 5.11 Å². The number of nitrogens with two attached hydrogens (primary N) is 1. The van der Waals surface area contributed by atoms with Gasteiger partial charge in [-0.3, -0.25) is 0 Å². The van der Waals surface area contributed by atoms with Crippen LogP contribution in [-0.2, 0) is 6.42 Å². The van der Waals surface area contributed by atoms with Gasteiger partial charge in [0, 0.05) is 36.6 Å². The molecule has 1 aromatic rings. The molecule has 2 heterocycles. The van der Waals surface area contributed by atoms with E-state index in [1.54, 1.807) is 11.3 Å². The molecule has 90 valence electrons. The number of piperidine rings is 1. The maximum atomic E-state index is 8.90. The van der Waals surface area contributed by atoms with E-state index in [1.165, 1.54) is 24.1 Å². The Morgan fingerprint density at radius 3 is 2.88 bits per heavy atom. The van der Waals surface area contributed by atoms with E-state index in [1.807, 2.05) is 6.20 Å². The van der Waals surface area contributed by atoms with Crippen molar-refractivity contribution in [1.82, 2.24) is 4.98 Å². The Morgan fingerprint density at radius 1 is 1.44 bits per heavy atom. The number of anilines is 1. The van der Waals surface area contributed by atoms with Crippen molar-refractivity contribution in [3.05, 3.63) is 11.1 Å². The van der Waals surface area contributed by atoms with Crippen molar-refractivity contribution in [2.24, 2.45) is 5.73 Å². The minimum Gasteiger partial charge on any atom is -0.395 e. The van der Waals surface area contributed by atoms with Crippen molar-refractivity contribution in [2.75, 3.05) is 24.6 Å². The molecular weight excluding hydrogens is 222 g/mol. The van der Waals surface area contributed by atoms with Gasteiger partial charge in [0.25, 0.3) is 0 Å². The van der Waals surface area contributed by atoms with E-state index >= 15 is 0 Å². The van der Waals surface area contributed by atoms with Crippen molar-refractivity contribution in [3.8, 4) is 0 Å². The van der Waals surface area contributed by atoms with Crippen LogP contribution in [0.2, 0.25) is 0 Å². The number of aliphatic hydroxyl groups is 1. The molecule has 1 atom stereocenters. The normalized spacial score (nSPS) is 18.8. The first-order valence-electron chi connectivity index (χ1n) is 5.85. The molecule has 2 rings (SSSR count). The van der Waals surface area contributed by atoms with Gasteiger partial charge in [-0.1, -0.05) is 0 Å². The standard InChI is InChI=1S/C11H19N3OS/c12-9(8-15)6-10-7-13-11(16-10)14-4-2-1-3-5-14/h7,9,15H,1-6,8,12H2. The van der Waals surface area contributed by atoms with Crippen LogP contribution in [0.1, 0.15) is 24.1 Å². The Morgan fingerprint density at radius 2 is 2.19 bits per heavy atom. The molecular formula is C11H19N3OS. The number of nitrogens with zero attached hydrogens (tertiary/aromatic N) is 2. The van der Waals surface area contributed by atoms with E-state index in [9.17, 15) is 0 Å². The van der Waals surface area contributed by atoms with Gasteiger partial charge in [0.2, 0.25) is 0 Å². The zero-order valence-corrected chi connectivity index (χ0v) is 10.2. The Balaban J connectivity index is 1.95. The Bertz CT molecular complexity index is 323. The third kappa shape index (κ3) is 2.93. The molecule has 5 heteroatoms. The zero-order chi connectivity index (χ0) is 11.4. The molecule has 16 heavy (non-hydrogen) atoms.